The maximum Gasteiger partial charge on any atom is 0.159 e. The number of aryl methyl sites for hydroxylation is 1. The summed E-state index contributed by atoms with van der Waals surface area (Å²) in [5.74, 6) is 0.609. The van der Waals surface area contributed by atoms with E-state index in [-0.39, 0.29) is 5.66 Å². The first-order valence-electron chi connectivity index (χ1n) is 8.90. The van der Waals surface area contributed by atoms with Crippen LogP contribution in [0, 0.1) is 12.8 Å². The Morgan fingerprint density at radius 3 is 2.68 bits per heavy atom. The van der Waals surface area contributed by atoms with Crippen molar-refractivity contribution >= 4 is 27.6 Å². The Morgan fingerprint density at radius 1 is 1.12 bits per heavy atom. The van der Waals surface area contributed by atoms with Crippen LogP contribution in [-0.2, 0) is 0 Å². The molecule has 1 aromatic carbocycles. The highest BCUT2D eigenvalue weighted by molar-refractivity contribution is 6.09. The van der Waals surface area contributed by atoms with Gasteiger partial charge in [-0.15, -0.1) is 0 Å². The van der Waals surface area contributed by atoms with Crippen molar-refractivity contribution in [2.75, 3.05) is 11.4 Å². The van der Waals surface area contributed by atoms with E-state index in [4.69, 9.17) is 4.42 Å². The lowest BCUT2D eigenvalue weighted by Gasteiger charge is -2.41. The van der Waals surface area contributed by atoms with Gasteiger partial charge in [-0.25, -0.2) is 0 Å². The summed E-state index contributed by atoms with van der Waals surface area (Å²) in [7, 11) is 0. The minimum atomic E-state index is -0.138. The minimum absolute atomic E-state index is 0.138. The smallest absolute Gasteiger partial charge is 0.159 e. The number of hydrogen-bond acceptors (Lipinski definition) is 4. The Hall–Kier alpha value is -2.49. The third-order valence-corrected chi connectivity index (χ3v) is 5.11. The van der Waals surface area contributed by atoms with E-state index in [9.17, 15) is 0 Å². The molecule has 2 aromatic heterocycles. The van der Waals surface area contributed by atoms with Crippen LogP contribution >= 0.6 is 0 Å². The molecule has 0 radical (unpaired) electrons. The molecule has 4 rings (SSSR count). The Labute approximate surface area is 148 Å². The van der Waals surface area contributed by atoms with Gasteiger partial charge in [-0.2, -0.15) is 0 Å². The molecule has 1 aliphatic heterocycles. The van der Waals surface area contributed by atoms with Crippen LogP contribution in [0.3, 0.4) is 0 Å². The summed E-state index contributed by atoms with van der Waals surface area (Å²) in [6, 6.07) is 6.36. The Bertz CT molecular complexity index is 968. The van der Waals surface area contributed by atoms with E-state index in [2.05, 4.69) is 73.9 Å². The van der Waals surface area contributed by atoms with Gasteiger partial charge in [0.2, 0.25) is 0 Å². The monoisotopic (exact) mass is 335 g/mol. The highest BCUT2D eigenvalue weighted by Crippen LogP contribution is 2.42. The second-order valence-electron chi connectivity index (χ2n) is 7.79. The first kappa shape index (κ1) is 16.0. The molecule has 25 heavy (non-hydrogen) atoms. The van der Waals surface area contributed by atoms with E-state index in [1.807, 2.05) is 12.3 Å². The van der Waals surface area contributed by atoms with E-state index < -0.39 is 0 Å². The molecule has 0 atom stereocenters. The Balaban J connectivity index is 1.89. The summed E-state index contributed by atoms with van der Waals surface area (Å²) < 4.78 is 6.23. The summed E-state index contributed by atoms with van der Waals surface area (Å²) in [5, 5.41) is 2.26. The average Bonchev–Trinajstić information content (AvgIpc) is 3.05. The highest BCUT2D eigenvalue weighted by Gasteiger charge is 2.37. The number of aromatic nitrogens is 1. The van der Waals surface area contributed by atoms with Crippen LogP contribution in [-0.4, -0.2) is 22.1 Å². The fourth-order valence-corrected chi connectivity index (χ4v) is 3.75. The zero-order valence-electron chi connectivity index (χ0n) is 15.6. The summed E-state index contributed by atoms with van der Waals surface area (Å²) in [6.07, 6.45) is 7.99. The number of hydrogen-bond donors (Lipinski definition) is 0. The van der Waals surface area contributed by atoms with Gasteiger partial charge in [-0.3, -0.25) is 4.98 Å². The Morgan fingerprint density at radius 2 is 1.92 bits per heavy atom. The van der Waals surface area contributed by atoms with Crippen LogP contribution in [0.25, 0.3) is 21.9 Å². The molecule has 0 unspecified atom stereocenters. The van der Waals surface area contributed by atoms with Gasteiger partial charge in [0.1, 0.15) is 5.66 Å². The van der Waals surface area contributed by atoms with Crippen LogP contribution in [0.15, 0.2) is 47.4 Å². The molecule has 0 amide bonds. The third-order valence-electron chi connectivity index (χ3n) is 5.11. The molecule has 1 aliphatic rings. The largest absolute Gasteiger partial charge is 0.452 e. The van der Waals surface area contributed by atoms with Gasteiger partial charge in [0.05, 0.1) is 11.9 Å². The minimum Gasteiger partial charge on any atom is -0.452 e. The number of rotatable bonds is 3. The molecule has 0 spiro atoms. The highest BCUT2D eigenvalue weighted by atomic mass is 16.3. The maximum absolute atomic E-state index is 6.23. The molecule has 3 aromatic rings. The average molecular weight is 335 g/mol. The molecule has 0 saturated heterocycles. The molecule has 3 heterocycles. The molecule has 0 N–H and O–H groups in total. The van der Waals surface area contributed by atoms with Gasteiger partial charge in [0.25, 0.3) is 0 Å². The van der Waals surface area contributed by atoms with Crippen molar-refractivity contribution in [3.63, 3.8) is 0 Å². The van der Waals surface area contributed by atoms with E-state index in [1.165, 1.54) is 5.56 Å². The molecular formula is C21H25N3O. The van der Waals surface area contributed by atoms with E-state index in [0.717, 1.165) is 34.2 Å². The lowest BCUT2D eigenvalue weighted by atomic mass is 10.0. The van der Waals surface area contributed by atoms with Crippen molar-refractivity contribution in [2.45, 2.75) is 40.3 Å². The summed E-state index contributed by atoms with van der Waals surface area (Å²) in [5.41, 5.74) is 3.99. The number of benzene rings is 1. The van der Waals surface area contributed by atoms with Gasteiger partial charge < -0.3 is 14.2 Å². The van der Waals surface area contributed by atoms with E-state index >= 15 is 0 Å². The van der Waals surface area contributed by atoms with Crippen molar-refractivity contribution in [2.24, 2.45) is 5.92 Å². The van der Waals surface area contributed by atoms with Crippen LogP contribution in [0.2, 0.25) is 0 Å². The lowest BCUT2D eigenvalue weighted by molar-refractivity contribution is 0.190. The molecule has 0 aliphatic carbocycles. The molecule has 130 valence electrons. The molecule has 4 heteroatoms. The molecule has 4 nitrogen and oxygen atoms in total. The second kappa shape index (κ2) is 5.51. The molecular weight excluding hydrogens is 310 g/mol. The second-order valence-corrected chi connectivity index (χ2v) is 7.79. The van der Waals surface area contributed by atoms with Crippen LogP contribution in [0.1, 0.15) is 33.3 Å². The number of fused-ring (bicyclic) bond motifs is 3. The van der Waals surface area contributed by atoms with Gasteiger partial charge >= 0.3 is 0 Å². The number of anilines is 1. The first-order valence-corrected chi connectivity index (χ1v) is 8.90. The quantitative estimate of drug-likeness (QED) is 0.652. The van der Waals surface area contributed by atoms with Crippen molar-refractivity contribution in [1.82, 2.24) is 9.88 Å². The van der Waals surface area contributed by atoms with Gasteiger partial charge in [0.15, 0.2) is 11.2 Å². The van der Waals surface area contributed by atoms with Gasteiger partial charge in [-0.1, -0.05) is 26.0 Å². The standard InChI is InChI=1S/C21H25N3O/c1-14(2)13-23-10-11-24(21(23,4)5)19-15(3)6-7-17-16-8-9-22-12-18(16)25-20(17)19/h6-12,14H,13H2,1-5H3. The number of furan rings is 1. The molecule has 0 fully saturated rings. The van der Waals surface area contributed by atoms with Crippen molar-refractivity contribution in [1.29, 1.82) is 0 Å². The van der Waals surface area contributed by atoms with Crippen molar-refractivity contribution in [3.8, 4) is 0 Å². The van der Waals surface area contributed by atoms with Crippen LogP contribution in [0.4, 0.5) is 5.69 Å². The summed E-state index contributed by atoms with van der Waals surface area (Å²) in [4.78, 5) is 8.94. The maximum atomic E-state index is 6.23. The van der Waals surface area contributed by atoms with Gasteiger partial charge in [0, 0.05) is 35.9 Å². The van der Waals surface area contributed by atoms with Gasteiger partial charge in [-0.05, 0) is 38.3 Å². The lowest BCUT2D eigenvalue weighted by Crippen LogP contribution is -2.49. The molecule has 0 saturated carbocycles. The molecule has 0 bridgehead atoms. The van der Waals surface area contributed by atoms with Crippen LogP contribution in [0.5, 0.6) is 0 Å². The zero-order valence-corrected chi connectivity index (χ0v) is 15.6. The predicted molar refractivity (Wildman–Crippen MR) is 103 cm³/mol. The fraction of sp³-hybridized carbons (Fsp3) is 0.381. The zero-order chi connectivity index (χ0) is 17.8. The van der Waals surface area contributed by atoms with E-state index in [1.54, 1.807) is 6.20 Å². The topological polar surface area (TPSA) is 32.5 Å². The van der Waals surface area contributed by atoms with Crippen molar-refractivity contribution in [3.05, 3.63) is 48.6 Å². The number of pyridine rings is 1. The fourth-order valence-electron chi connectivity index (χ4n) is 3.75. The first-order chi connectivity index (χ1) is 11.9. The normalized spacial score (nSPS) is 16.7. The number of nitrogens with zero attached hydrogens (tertiary/aromatic N) is 3. The van der Waals surface area contributed by atoms with E-state index in [0.29, 0.717) is 5.92 Å². The van der Waals surface area contributed by atoms with Crippen LogP contribution < -0.4 is 4.90 Å². The Kier molecular flexibility index (Phi) is 3.53. The SMILES string of the molecule is Cc1ccc2c(oc3cnccc32)c1N1C=CN(CC(C)C)C1(C)C. The predicted octanol–water partition coefficient (Wildman–Crippen LogP) is 5.27. The summed E-state index contributed by atoms with van der Waals surface area (Å²) in [6.45, 7) is 12.2. The van der Waals surface area contributed by atoms with Crippen molar-refractivity contribution < 1.29 is 4.42 Å². The third kappa shape index (κ3) is 2.39. The summed E-state index contributed by atoms with van der Waals surface area (Å²) >= 11 is 0.